The van der Waals surface area contributed by atoms with Gasteiger partial charge in [0.15, 0.2) is 5.79 Å². The van der Waals surface area contributed by atoms with E-state index in [1.54, 1.807) is 21.0 Å². The molecule has 1 aliphatic heterocycles. The third-order valence-electron chi connectivity index (χ3n) is 3.60. The molecular weight excluding hydrogens is 308 g/mol. The standard InChI is InChI=1S/C19H22O5/c1-5-6-7-16(18(20)17-13-23-19(2,3)24-17)22-12-14-8-10-15(21-4)11-9-14/h1,8-11,16-18,20H,12-13H2,2-4H3/t16-,17-,18+/m1/s1. The molecule has 128 valence electrons. The molecule has 0 aromatic heterocycles. The fourth-order valence-electron chi connectivity index (χ4n) is 2.32. The first-order valence-corrected chi connectivity index (χ1v) is 7.65. The number of aliphatic hydroxyl groups is 1. The third-order valence-corrected chi connectivity index (χ3v) is 3.60. The van der Waals surface area contributed by atoms with E-state index in [2.05, 4.69) is 17.8 Å². The SMILES string of the molecule is C#CC#C[C@@H](OCc1ccc(OC)cc1)[C@H](O)[C@H]1COC(C)(C)O1. The summed E-state index contributed by atoms with van der Waals surface area (Å²) < 4.78 is 22.0. The van der Waals surface area contributed by atoms with Crippen LogP contribution in [0.2, 0.25) is 0 Å². The average Bonchev–Trinajstić information content (AvgIpc) is 2.95. The Balaban J connectivity index is 2.01. The molecule has 0 radical (unpaired) electrons. The van der Waals surface area contributed by atoms with Crippen LogP contribution in [0.25, 0.3) is 0 Å². The summed E-state index contributed by atoms with van der Waals surface area (Å²) in [5.74, 6) is 7.52. The fourth-order valence-corrected chi connectivity index (χ4v) is 2.32. The van der Waals surface area contributed by atoms with Crippen molar-refractivity contribution in [3.63, 3.8) is 0 Å². The Labute approximate surface area is 142 Å². The molecule has 1 heterocycles. The number of hydrogen-bond acceptors (Lipinski definition) is 5. The zero-order valence-electron chi connectivity index (χ0n) is 14.1. The maximum atomic E-state index is 10.5. The summed E-state index contributed by atoms with van der Waals surface area (Å²) in [4.78, 5) is 0. The Hall–Kier alpha value is -2.02. The van der Waals surface area contributed by atoms with Crippen LogP contribution >= 0.6 is 0 Å². The maximum Gasteiger partial charge on any atom is 0.163 e. The lowest BCUT2D eigenvalue weighted by Crippen LogP contribution is -2.40. The summed E-state index contributed by atoms with van der Waals surface area (Å²) in [7, 11) is 1.61. The van der Waals surface area contributed by atoms with E-state index < -0.39 is 24.1 Å². The van der Waals surface area contributed by atoms with Crippen LogP contribution in [-0.2, 0) is 20.8 Å². The van der Waals surface area contributed by atoms with Gasteiger partial charge in [-0.15, -0.1) is 6.42 Å². The Morgan fingerprint density at radius 1 is 1.38 bits per heavy atom. The third kappa shape index (κ3) is 4.99. The van der Waals surface area contributed by atoms with Gasteiger partial charge in [-0.3, -0.25) is 0 Å². The molecule has 1 aliphatic rings. The van der Waals surface area contributed by atoms with Crippen molar-refractivity contribution < 1.29 is 24.1 Å². The number of hydrogen-bond donors (Lipinski definition) is 1. The van der Waals surface area contributed by atoms with Crippen molar-refractivity contribution in [3.8, 4) is 29.9 Å². The van der Waals surface area contributed by atoms with Crippen molar-refractivity contribution in [2.24, 2.45) is 0 Å². The molecule has 5 nitrogen and oxygen atoms in total. The van der Waals surface area contributed by atoms with Crippen LogP contribution in [-0.4, -0.2) is 42.9 Å². The van der Waals surface area contributed by atoms with Gasteiger partial charge in [-0.05, 0) is 43.4 Å². The Kier molecular flexibility index (Phi) is 6.25. The predicted molar refractivity (Wildman–Crippen MR) is 89.1 cm³/mol. The maximum absolute atomic E-state index is 10.5. The monoisotopic (exact) mass is 330 g/mol. The van der Waals surface area contributed by atoms with Gasteiger partial charge in [-0.2, -0.15) is 0 Å². The van der Waals surface area contributed by atoms with Crippen molar-refractivity contribution in [2.45, 2.75) is 44.6 Å². The highest BCUT2D eigenvalue weighted by Gasteiger charge is 2.39. The number of methoxy groups -OCH3 is 1. The fraction of sp³-hybridized carbons (Fsp3) is 0.474. The minimum atomic E-state index is -0.967. The van der Waals surface area contributed by atoms with Crippen molar-refractivity contribution in [1.82, 2.24) is 0 Å². The molecule has 5 heteroatoms. The molecule has 0 saturated carbocycles. The number of terminal acetylenes is 1. The first-order valence-electron chi connectivity index (χ1n) is 7.65. The minimum Gasteiger partial charge on any atom is -0.497 e. The van der Waals surface area contributed by atoms with Crippen molar-refractivity contribution in [3.05, 3.63) is 29.8 Å². The van der Waals surface area contributed by atoms with Gasteiger partial charge in [-0.25, -0.2) is 0 Å². The van der Waals surface area contributed by atoms with E-state index in [1.807, 2.05) is 24.3 Å². The summed E-state index contributed by atoms with van der Waals surface area (Å²) in [5.41, 5.74) is 0.930. The van der Waals surface area contributed by atoms with Crippen LogP contribution in [0, 0.1) is 24.2 Å². The Bertz CT molecular complexity index is 632. The second kappa shape index (κ2) is 8.19. The normalized spacial score (nSPS) is 21.2. The lowest BCUT2D eigenvalue weighted by molar-refractivity contribution is -0.160. The summed E-state index contributed by atoms with van der Waals surface area (Å²) in [5, 5.41) is 10.5. The van der Waals surface area contributed by atoms with Crippen LogP contribution in [0.1, 0.15) is 19.4 Å². The Morgan fingerprint density at radius 2 is 2.08 bits per heavy atom. The molecule has 1 N–H and O–H groups in total. The molecular formula is C19H22O5. The zero-order valence-corrected chi connectivity index (χ0v) is 14.1. The first kappa shape index (κ1) is 18.3. The highest BCUT2D eigenvalue weighted by molar-refractivity contribution is 5.27. The zero-order chi connectivity index (χ0) is 17.6. The first-order chi connectivity index (χ1) is 11.4. The molecule has 1 aromatic rings. The van der Waals surface area contributed by atoms with Gasteiger partial charge in [0.05, 0.1) is 20.3 Å². The van der Waals surface area contributed by atoms with Gasteiger partial charge in [0.1, 0.15) is 24.1 Å². The van der Waals surface area contributed by atoms with E-state index >= 15 is 0 Å². The van der Waals surface area contributed by atoms with Crippen LogP contribution in [0.3, 0.4) is 0 Å². The second-order valence-electron chi connectivity index (χ2n) is 5.85. The molecule has 1 aromatic carbocycles. The summed E-state index contributed by atoms with van der Waals surface area (Å²) in [6, 6.07) is 7.45. The number of benzene rings is 1. The molecule has 3 atom stereocenters. The Morgan fingerprint density at radius 3 is 2.62 bits per heavy atom. The second-order valence-corrected chi connectivity index (χ2v) is 5.85. The van der Waals surface area contributed by atoms with Gasteiger partial charge in [0.25, 0.3) is 0 Å². The highest BCUT2D eigenvalue weighted by Crippen LogP contribution is 2.26. The van der Waals surface area contributed by atoms with Crippen molar-refractivity contribution in [1.29, 1.82) is 0 Å². The number of aliphatic hydroxyl groups excluding tert-OH is 1. The average molecular weight is 330 g/mol. The molecule has 2 rings (SSSR count). The smallest absolute Gasteiger partial charge is 0.163 e. The van der Waals surface area contributed by atoms with Crippen LogP contribution in [0.15, 0.2) is 24.3 Å². The van der Waals surface area contributed by atoms with Gasteiger partial charge in [0, 0.05) is 0 Å². The van der Waals surface area contributed by atoms with Gasteiger partial charge in [0.2, 0.25) is 0 Å². The van der Waals surface area contributed by atoms with Crippen molar-refractivity contribution in [2.75, 3.05) is 13.7 Å². The summed E-state index contributed by atoms with van der Waals surface area (Å²) in [6.07, 6.45) is 2.92. The molecule has 0 amide bonds. The van der Waals surface area contributed by atoms with Gasteiger partial charge in [-0.1, -0.05) is 18.1 Å². The molecule has 0 unspecified atom stereocenters. The van der Waals surface area contributed by atoms with Crippen LogP contribution < -0.4 is 4.74 Å². The quantitative estimate of drug-likeness (QED) is 0.805. The number of ether oxygens (including phenoxy) is 4. The molecule has 0 spiro atoms. The van der Waals surface area contributed by atoms with Crippen molar-refractivity contribution >= 4 is 0 Å². The predicted octanol–water partition coefficient (Wildman–Crippen LogP) is 1.73. The highest BCUT2D eigenvalue weighted by atomic mass is 16.7. The lowest BCUT2D eigenvalue weighted by Gasteiger charge is -2.24. The molecule has 1 fully saturated rings. The topological polar surface area (TPSA) is 57.2 Å². The largest absolute Gasteiger partial charge is 0.497 e. The summed E-state index contributed by atoms with van der Waals surface area (Å²) >= 11 is 0. The summed E-state index contributed by atoms with van der Waals surface area (Å²) in [6.45, 7) is 4.14. The van der Waals surface area contributed by atoms with Crippen LogP contribution in [0.4, 0.5) is 0 Å². The van der Waals surface area contributed by atoms with E-state index in [0.717, 1.165) is 11.3 Å². The minimum absolute atomic E-state index is 0.272. The van der Waals surface area contributed by atoms with Gasteiger partial charge >= 0.3 is 0 Å². The van der Waals surface area contributed by atoms with Crippen LogP contribution in [0.5, 0.6) is 5.75 Å². The molecule has 24 heavy (non-hydrogen) atoms. The van der Waals surface area contributed by atoms with E-state index in [-0.39, 0.29) is 13.2 Å². The lowest BCUT2D eigenvalue weighted by atomic mass is 10.1. The van der Waals surface area contributed by atoms with E-state index in [9.17, 15) is 5.11 Å². The molecule has 0 aliphatic carbocycles. The van der Waals surface area contributed by atoms with E-state index in [1.165, 1.54) is 0 Å². The molecule has 0 bridgehead atoms. The molecule has 1 saturated heterocycles. The van der Waals surface area contributed by atoms with E-state index in [4.69, 9.17) is 25.4 Å². The van der Waals surface area contributed by atoms with Gasteiger partial charge < -0.3 is 24.1 Å². The van der Waals surface area contributed by atoms with E-state index in [0.29, 0.717) is 0 Å². The number of rotatable bonds is 6.